The molecule has 7 aliphatic carbocycles. The molecule has 5 aliphatic heterocycles. The molecular weight excluding hydrogens is 1000 g/mol. The number of rotatable bonds is 11. The summed E-state index contributed by atoms with van der Waals surface area (Å²) in [6, 6.07) is 5.62. The van der Waals surface area contributed by atoms with Crippen LogP contribution in [0.3, 0.4) is 0 Å². The highest BCUT2D eigenvalue weighted by atomic mass is 16.7. The van der Waals surface area contributed by atoms with Gasteiger partial charge >= 0.3 is 5.97 Å². The number of aliphatic hydroxyl groups excluding tert-OH is 2. The Morgan fingerprint density at radius 2 is 1.80 bits per heavy atom. The topological polar surface area (TPSA) is 200 Å². The van der Waals surface area contributed by atoms with Gasteiger partial charge in [-0.2, -0.15) is 0 Å². The molecule has 12 aliphatic rings. The van der Waals surface area contributed by atoms with Gasteiger partial charge in [-0.1, -0.05) is 93.2 Å². The van der Waals surface area contributed by atoms with Gasteiger partial charge in [0.05, 0.1) is 25.0 Å². The molecule has 0 radical (unpaired) electrons. The highest BCUT2D eigenvalue weighted by molar-refractivity contribution is 6.33. The van der Waals surface area contributed by atoms with Crippen LogP contribution in [0.25, 0.3) is 0 Å². The second-order valence-corrected chi connectivity index (χ2v) is 27.6. The fraction of sp³-hybridized carbons (Fsp3) is 0.657. The van der Waals surface area contributed by atoms with E-state index in [0.717, 1.165) is 113 Å². The first-order valence-electron chi connectivity index (χ1n) is 31.5. The lowest BCUT2D eigenvalue weighted by Gasteiger charge is -2.58. The summed E-state index contributed by atoms with van der Waals surface area (Å²) in [5, 5.41) is 41.4. The average Bonchev–Trinajstić information content (AvgIpc) is 4.18. The number of nitrogens with two attached hydrogens (primary N) is 1. The van der Waals surface area contributed by atoms with Crippen molar-refractivity contribution in [2.45, 2.75) is 196 Å². The van der Waals surface area contributed by atoms with Crippen molar-refractivity contribution in [3.05, 3.63) is 117 Å². The van der Waals surface area contributed by atoms with Crippen LogP contribution in [0.5, 0.6) is 0 Å². The third-order valence-electron chi connectivity index (χ3n) is 22.6. The molecule has 1 aromatic carbocycles. The van der Waals surface area contributed by atoms with Crippen LogP contribution in [-0.4, -0.2) is 95.8 Å². The molecule has 13 rings (SSSR count). The lowest BCUT2D eigenvalue weighted by atomic mass is 9.52. The molecule has 0 aromatic heterocycles. The molecule has 13 nitrogen and oxygen atoms in total. The van der Waals surface area contributed by atoms with E-state index in [0.29, 0.717) is 49.0 Å². The maximum absolute atomic E-state index is 16.4. The summed E-state index contributed by atoms with van der Waals surface area (Å²) in [7, 11) is 2.00. The number of Topliss-reactive ketones (excluding diaryl/α,β-unsaturated/α-hetero) is 2. The maximum Gasteiger partial charge on any atom is 0.350 e. The van der Waals surface area contributed by atoms with Crippen LogP contribution in [0.4, 0.5) is 0 Å². The lowest BCUT2D eigenvalue weighted by Crippen LogP contribution is -2.66. The predicted molar refractivity (Wildman–Crippen MR) is 309 cm³/mol. The molecule has 80 heavy (non-hydrogen) atoms. The number of hydrogen-bond acceptors (Lipinski definition) is 13. The first kappa shape index (κ1) is 54.6. The fourth-order valence-corrected chi connectivity index (χ4v) is 18.4. The van der Waals surface area contributed by atoms with E-state index < -0.39 is 46.5 Å². The van der Waals surface area contributed by atoms with Gasteiger partial charge in [0.15, 0.2) is 11.4 Å². The zero-order valence-corrected chi connectivity index (χ0v) is 47.9. The summed E-state index contributed by atoms with van der Waals surface area (Å²) in [6.07, 6.45) is 34.4. The van der Waals surface area contributed by atoms with E-state index in [-0.39, 0.29) is 71.5 Å². The zero-order valence-electron chi connectivity index (χ0n) is 47.9. The van der Waals surface area contributed by atoms with Gasteiger partial charge in [0, 0.05) is 47.7 Å². The van der Waals surface area contributed by atoms with E-state index in [1.54, 1.807) is 6.07 Å². The second kappa shape index (κ2) is 21.5. The fourth-order valence-electron chi connectivity index (χ4n) is 18.4. The Labute approximate surface area is 474 Å². The number of dihydropyridines is 2. The Kier molecular flexibility index (Phi) is 14.7. The number of esters is 1. The molecular formula is C67H90N6O7. The number of carbonyl (C=O) groups is 3. The molecule has 15 atom stereocenters. The summed E-state index contributed by atoms with van der Waals surface area (Å²) >= 11 is 0. The minimum Gasteiger partial charge on any atom is -0.459 e. The molecule has 15 unspecified atom stereocenters. The molecule has 4 bridgehead atoms. The number of allylic oxidation sites excluding steroid dienone is 8. The second-order valence-electron chi connectivity index (χ2n) is 27.6. The number of ketones is 2. The summed E-state index contributed by atoms with van der Waals surface area (Å²) in [5.41, 5.74) is 9.34. The normalized spacial score (nSPS) is 40.5. The number of nitrogens with one attached hydrogen (secondary N) is 5. The molecule has 13 heteroatoms. The molecule has 1 aromatic rings. The monoisotopic (exact) mass is 1090 g/mol. The van der Waals surface area contributed by atoms with Gasteiger partial charge in [-0.25, -0.2) is 4.79 Å². The number of aliphatic hydroxyl groups is 2. The van der Waals surface area contributed by atoms with Gasteiger partial charge in [-0.05, 0) is 204 Å². The van der Waals surface area contributed by atoms with Gasteiger partial charge in [0.2, 0.25) is 5.78 Å². The number of fused-ring (bicyclic) bond motifs is 2. The van der Waals surface area contributed by atoms with Crippen molar-refractivity contribution >= 4 is 17.5 Å². The molecule has 0 amide bonds. The Morgan fingerprint density at radius 1 is 0.950 bits per heavy atom. The average molecular weight is 1090 g/mol. The summed E-state index contributed by atoms with van der Waals surface area (Å²) in [5.74, 6) is 1.23. The lowest BCUT2D eigenvalue weighted by molar-refractivity contribution is -0.176. The van der Waals surface area contributed by atoms with Crippen LogP contribution in [-0.2, 0) is 20.7 Å². The standard InChI is InChI=1S/C67H90N6O7/c1-39(27-43-19-20-44-28-56(69-3)73-62-58(44)50(43)24-26-70-62)48(38-74)35-66-60(76)51-17-10-16-47-32-64(2,31-41-18-23-55(68)71-36-41)25-8-7-13-42-14-9-15-45-33-65(72-37-40-11-5-4-6-12-40)34-46-21-22-49(75)29-53(46)59(54(65)30-52(42)45)79-63(78)67(66,80-66)61(77)57(47)51/h9-10,15-18,23-24,33,36,40,42-44,46,49,52-56,59,69-75H,4-8,11-14,19-22,25-32,34-35,37-38,68H2,1-3H3. The molecule has 1 spiro atoms. The number of carbonyl (C=O) groups excluding carboxylic acids is 3. The highest BCUT2D eigenvalue weighted by Gasteiger charge is 2.86. The van der Waals surface area contributed by atoms with Gasteiger partial charge < -0.3 is 52.0 Å². The summed E-state index contributed by atoms with van der Waals surface area (Å²) < 4.78 is 14.2. The predicted octanol–water partition coefficient (Wildman–Crippen LogP) is 8.95. The Morgan fingerprint density at radius 3 is 2.61 bits per heavy atom. The van der Waals surface area contributed by atoms with Crippen LogP contribution in [0.15, 0.2) is 100 Å². The van der Waals surface area contributed by atoms with Crippen LogP contribution < -0.4 is 32.3 Å². The number of hydrogen-bond donors (Lipinski definition) is 8. The number of ether oxygens (including phenoxy) is 2. The smallest absolute Gasteiger partial charge is 0.350 e. The van der Waals surface area contributed by atoms with Gasteiger partial charge in [-0.3, -0.25) is 9.59 Å². The van der Waals surface area contributed by atoms with Crippen molar-refractivity contribution in [3.63, 3.8) is 0 Å². The summed E-state index contributed by atoms with van der Waals surface area (Å²) in [4.78, 5) is 48.8. The van der Waals surface area contributed by atoms with Crippen molar-refractivity contribution in [3.8, 4) is 0 Å². The van der Waals surface area contributed by atoms with E-state index in [1.807, 2.05) is 38.4 Å². The van der Waals surface area contributed by atoms with E-state index in [4.69, 9.17) is 15.2 Å². The van der Waals surface area contributed by atoms with Gasteiger partial charge in [0.1, 0.15) is 11.9 Å². The van der Waals surface area contributed by atoms with Crippen molar-refractivity contribution in [1.82, 2.24) is 26.6 Å². The zero-order chi connectivity index (χ0) is 55.1. The highest BCUT2D eigenvalue weighted by Crippen LogP contribution is 2.63. The minimum atomic E-state index is -2.26. The Bertz CT molecular complexity index is 2880. The van der Waals surface area contributed by atoms with Crippen LogP contribution in [0.1, 0.15) is 175 Å². The van der Waals surface area contributed by atoms with Crippen LogP contribution in [0, 0.1) is 52.8 Å². The van der Waals surface area contributed by atoms with Gasteiger partial charge in [-0.15, -0.1) is 0 Å². The Hall–Kier alpha value is -4.63. The molecule has 1 saturated heterocycles. The SMILES string of the molecule is CNC1CC2CCC(CC(C)=C(CO)CC34OC35C(=O)OC3C6CC(O)CCC6CC6(NCC7CCCCC7)C=C7C=CCC(CCCCC(C)(CC8=CNC(N)C=C8)Cc8cccc(c8C5=O)C4=O)C7CC36)C3=CCNC(=C32)N1. The molecule has 5 heterocycles. The quantitative estimate of drug-likeness (QED) is 0.0453. The largest absolute Gasteiger partial charge is 0.459 e. The molecule has 5 fully saturated rings. The van der Waals surface area contributed by atoms with E-state index >= 15 is 14.4 Å². The molecule has 430 valence electrons. The van der Waals surface area contributed by atoms with Gasteiger partial charge in [0.25, 0.3) is 5.60 Å². The number of benzene rings is 1. The molecule has 9 N–H and O–H groups in total. The van der Waals surface area contributed by atoms with Crippen LogP contribution >= 0.6 is 0 Å². The maximum atomic E-state index is 16.4. The van der Waals surface area contributed by atoms with Crippen molar-refractivity contribution in [2.75, 3.05) is 26.7 Å². The first-order chi connectivity index (χ1) is 38.7. The van der Waals surface area contributed by atoms with E-state index in [1.165, 1.54) is 48.8 Å². The van der Waals surface area contributed by atoms with Crippen molar-refractivity contribution in [1.29, 1.82) is 0 Å². The minimum absolute atomic E-state index is 0.102. The summed E-state index contributed by atoms with van der Waals surface area (Å²) in [6.45, 7) is 5.63. The Balaban J connectivity index is 0.914. The van der Waals surface area contributed by atoms with Crippen LogP contribution in [0.2, 0.25) is 0 Å². The molecule has 4 saturated carbocycles. The van der Waals surface area contributed by atoms with Crippen molar-refractivity contribution < 1.29 is 34.1 Å². The van der Waals surface area contributed by atoms with Crippen molar-refractivity contribution in [2.24, 2.45) is 58.5 Å². The third kappa shape index (κ3) is 9.48. The number of epoxide rings is 1. The first-order valence-corrected chi connectivity index (χ1v) is 31.5. The van der Waals surface area contributed by atoms with E-state index in [2.05, 4.69) is 63.9 Å². The van der Waals surface area contributed by atoms with E-state index in [9.17, 15) is 10.2 Å². The third-order valence-corrected chi connectivity index (χ3v) is 22.6.